The molecule has 4 bridgehead atoms. The largest absolute Gasteiger partial charge is 0.481 e. The van der Waals surface area contributed by atoms with Crippen molar-refractivity contribution in [2.45, 2.75) is 101 Å². The summed E-state index contributed by atoms with van der Waals surface area (Å²) in [4.78, 5) is 24.0. The molecule has 0 aromatic carbocycles. The topological polar surface area (TPSA) is 114 Å². The zero-order valence-electron chi connectivity index (χ0n) is 18.2. The predicted octanol–water partition coefficient (Wildman–Crippen LogP) is 2.83. The number of rotatable bonds is 7. The van der Waals surface area contributed by atoms with Gasteiger partial charge >= 0.3 is 5.97 Å². The molecule has 30 heavy (non-hydrogen) atoms. The van der Waals surface area contributed by atoms with Crippen molar-refractivity contribution < 1.29 is 19.8 Å². The van der Waals surface area contributed by atoms with E-state index < -0.39 is 11.6 Å². The maximum atomic E-state index is 12.4. The van der Waals surface area contributed by atoms with Gasteiger partial charge in [0.25, 0.3) is 0 Å². The number of nitrogens with zero attached hydrogens (tertiary/aromatic N) is 2. The summed E-state index contributed by atoms with van der Waals surface area (Å²) in [5.41, 5.74) is -0.542. The van der Waals surface area contributed by atoms with Crippen molar-refractivity contribution in [2.24, 2.45) is 11.8 Å². The molecule has 3 N–H and O–H groups in total. The highest BCUT2D eigenvalue weighted by atomic mass is 16.4. The summed E-state index contributed by atoms with van der Waals surface area (Å²) in [6, 6.07) is 1.99. The Morgan fingerprint density at radius 3 is 2.47 bits per heavy atom. The van der Waals surface area contributed by atoms with E-state index in [2.05, 4.69) is 18.3 Å². The number of aliphatic hydroxyl groups is 1. The van der Waals surface area contributed by atoms with Crippen molar-refractivity contribution in [3.05, 3.63) is 0 Å². The fraction of sp³-hybridized carbons (Fsp3) is 0.870. The lowest BCUT2D eigenvalue weighted by Gasteiger charge is -2.60. The molecule has 5 aliphatic rings. The lowest BCUT2D eigenvalue weighted by Crippen LogP contribution is -2.65. The number of nitrogens with one attached hydrogen (secondary N) is 1. The minimum absolute atomic E-state index is 0.0453. The first-order valence-corrected chi connectivity index (χ1v) is 11.7. The SMILES string of the molecule is CCCCCC(=O)O.N#C[C@@H]1CCCN1C(=O)CNC12CC3CC(CC(O)(C3)C1)C2. The molecular weight excluding hydrogens is 382 g/mol. The first-order valence-electron chi connectivity index (χ1n) is 11.7. The van der Waals surface area contributed by atoms with Crippen LogP contribution in [0.2, 0.25) is 0 Å². The summed E-state index contributed by atoms with van der Waals surface area (Å²) >= 11 is 0. The first-order chi connectivity index (χ1) is 14.3. The van der Waals surface area contributed by atoms with Crippen LogP contribution in [0.15, 0.2) is 0 Å². The van der Waals surface area contributed by atoms with E-state index in [9.17, 15) is 14.7 Å². The second-order valence-corrected chi connectivity index (χ2v) is 10.0. The molecule has 7 nitrogen and oxygen atoms in total. The van der Waals surface area contributed by atoms with E-state index in [4.69, 9.17) is 10.4 Å². The van der Waals surface area contributed by atoms with Gasteiger partial charge in [0.2, 0.25) is 5.91 Å². The van der Waals surface area contributed by atoms with Gasteiger partial charge in [-0.1, -0.05) is 19.8 Å². The van der Waals surface area contributed by atoms with Crippen molar-refractivity contribution in [3.63, 3.8) is 0 Å². The summed E-state index contributed by atoms with van der Waals surface area (Å²) in [5.74, 6) is 0.602. The number of aliphatic carboxylic acids is 1. The van der Waals surface area contributed by atoms with Crippen LogP contribution in [0.5, 0.6) is 0 Å². The van der Waals surface area contributed by atoms with E-state index >= 15 is 0 Å². The normalized spacial score (nSPS) is 36.2. The van der Waals surface area contributed by atoms with Crippen molar-refractivity contribution >= 4 is 11.9 Å². The third kappa shape index (κ3) is 5.53. The highest BCUT2D eigenvalue weighted by molar-refractivity contribution is 5.79. The molecule has 1 saturated heterocycles. The maximum Gasteiger partial charge on any atom is 0.303 e. The molecule has 2 unspecified atom stereocenters. The van der Waals surface area contributed by atoms with Crippen molar-refractivity contribution in [2.75, 3.05) is 13.1 Å². The summed E-state index contributed by atoms with van der Waals surface area (Å²) in [6.45, 7) is 3.08. The van der Waals surface area contributed by atoms with Crippen LogP contribution in [0.25, 0.3) is 0 Å². The molecule has 1 aliphatic heterocycles. The molecule has 4 saturated carbocycles. The van der Waals surface area contributed by atoms with Gasteiger partial charge in [-0.2, -0.15) is 5.26 Å². The zero-order valence-corrected chi connectivity index (χ0v) is 18.2. The maximum absolute atomic E-state index is 12.4. The molecule has 0 aromatic rings. The van der Waals surface area contributed by atoms with E-state index in [0.29, 0.717) is 31.3 Å². The quantitative estimate of drug-likeness (QED) is 0.547. The van der Waals surface area contributed by atoms with E-state index in [1.165, 1.54) is 6.42 Å². The Kier molecular flexibility index (Phi) is 7.41. The monoisotopic (exact) mass is 419 g/mol. The Morgan fingerprint density at radius 1 is 1.20 bits per heavy atom. The van der Waals surface area contributed by atoms with Gasteiger partial charge in [-0.25, -0.2) is 0 Å². The number of hydrogen-bond donors (Lipinski definition) is 3. The predicted molar refractivity (Wildman–Crippen MR) is 112 cm³/mol. The molecule has 1 heterocycles. The molecule has 7 heteroatoms. The first kappa shape index (κ1) is 23.0. The van der Waals surface area contributed by atoms with E-state index in [1.54, 1.807) is 4.90 Å². The summed E-state index contributed by atoms with van der Waals surface area (Å²) in [5, 5.41) is 31.5. The molecule has 0 radical (unpaired) electrons. The minimum atomic E-state index is -0.682. The number of carboxylic acid groups (broad SMARTS) is 1. The van der Waals surface area contributed by atoms with Crippen LogP contribution < -0.4 is 5.32 Å². The van der Waals surface area contributed by atoms with Gasteiger partial charge in [0.15, 0.2) is 0 Å². The van der Waals surface area contributed by atoms with Gasteiger partial charge in [-0.3, -0.25) is 9.59 Å². The van der Waals surface area contributed by atoms with Crippen LogP contribution in [0.4, 0.5) is 0 Å². The standard InChI is InChI=1S/C17H25N3O2.C6H12O2/c18-9-14-2-1-3-20(14)15(21)10-19-16-5-12-4-13(6-16)8-17(22,7-12)11-16;1-2-3-4-5-6(7)8/h12-14,19,22H,1-8,10-11H2;2-5H2,1H3,(H,7,8)/t12?,13?,14-,16?,17?;/m0./s1. The molecule has 4 aliphatic carbocycles. The number of carbonyl (C=O) groups is 2. The number of carbonyl (C=O) groups excluding carboxylic acids is 1. The van der Waals surface area contributed by atoms with Gasteiger partial charge < -0.3 is 20.4 Å². The molecule has 5 fully saturated rings. The van der Waals surface area contributed by atoms with Crippen LogP contribution in [0, 0.1) is 23.2 Å². The molecule has 5 rings (SSSR count). The Balaban J connectivity index is 0.000000275. The van der Waals surface area contributed by atoms with Gasteiger partial charge in [-0.05, 0) is 69.6 Å². The smallest absolute Gasteiger partial charge is 0.303 e. The second kappa shape index (κ2) is 9.65. The molecule has 168 valence electrons. The molecule has 0 aromatic heterocycles. The van der Waals surface area contributed by atoms with E-state index in [-0.39, 0.29) is 17.5 Å². The summed E-state index contributed by atoms with van der Waals surface area (Å²) in [7, 11) is 0. The Hall–Kier alpha value is -1.65. The Labute approximate surface area is 179 Å². The lowest BCUT2D eigenvalue weighted by molar-refractivity contribution is -0.147. The zero-order chi connectivity index (χ0) is 21.8. The van der Waals surface area contributed by atoms with Crippen molar-refractivity contribution in [1.29, 1.82) is 5.26 Å². The second-order valence-electron chi connectivity index (χ2n) is 10.0. The van der Waals surface area contributed by atoms with Crippen molar-refractivity contribution in [1.82, 2.24) is 10.2 Å². The molecular formula is C23H37N3O4. The molecule has 0 spiro atoms. The van der Waals surface area contributed by atoms with Gasteiger partial charge in [-0.15, -0.1) is 0 Å². The van der Waals surface area contributed by atoms with Crippen LogP contribution in [0.1, 0.15) is 84.0 Å². The number of hydrogen-bond acceptors (Lipinski definition) is 5. The van der Waals surface area contributed by atoms with Crippen LogP contribution in [0.3, 0.4) is 0 Å². The Morgan fingerprint density at radius 2 is 1.90 bits per heavy atom. The number of amides is 1. The summed E-state index contributed by atoms with van der Waals surface area (Å²) < 4.78 is 0. The van der Waals surface area contributed by atoms with Crippen molar-refractivity contribution in [3.8, 4) is 6.07 Å². The van der Waals surface area contributed by atoms with E-state index in [0.717, 1.165) is 64.2 Å². The number of nitriles is 1. The lowest BCUT2D eigenvalue weighted by atomic mass is 9.51. The van der Waals surface area contributed by atoms with E-state index in [1.807, 2.05) is 0 Å². The average molecular weight is 420 g/mol. The molecule has 1 amide bonds. The van der Waals surface area contributed by atoms with Crippen LogP contribution in [-0.2, 0) is 9.59 Å². The molecule has 3 atom stereocenters. The van der Waals surface area contributed by atoms with Gasteiger partial charge in [0.1, 0.15) is 6.04 Å². The highest BCUT2D eigenvalue weighted by Crippen LogP contribution is 2.57. The summed E-state index contributed by atoms with van der Waals surface area (Å²) in [6.07, 6.45) is 11.1. The number of unbranched alkanes of at least 4 members (excludes halogenated alkanes) is 2. The third-order valence-electron chi connectivity index (χ3n) is 7.36. The number of likely N-dealkylation sites (tertiary alicyclic amines) is 1. The number of carboxylic acids is 1. The van der Waals surface area contributed by atoms with Crippen LogP contribution in [-0.4, -0.2) is 57.3 Å². The third-order valence-corrected chi connectivity index (χ3v) is 7.36. The Bertz CT molecular complexity index is 660. The highest BCUT2D eigenvalue weighted by Gasteiger charge is 2.57. The van der Waals surface area contributed by atoms with Gasteiger partial charge in [0.05, 0.1) is 18.2 Å². The average Bonchev–Trinajstić information content (AvgIpc) is 3.14. The minimum Gasteiger partial charge on any atom is -0.481 e. The van der Waals surface area contributed by atoms with Gasteiger partial charge in [0, 0.05) is 18.5 Å². The van der Waals surface area contributed by atoms with Crippen LogP contribution >= 0.6 is 0 Å². The fourth-order valence-electron chi connectivity index (χ4n) is 6.51. The fourth-order valence-corrected chi connectivity index (χ4v) is 6.51.